The number of benzene rings is 3. The van der Waals surface area contributed by atoms with E-state index in [9.17, 15) is 22.0 Å². The van der Waals surface area contributed by atoms with E-state index in [0.29, 0.717) is 5.56 Å². The van der Waals surface area contributed by atoms with Gasteiger partial charge in [-0.1, -0.05) is 30.3 Å². The summed E-state index contributed by atoms with van der Waals surface area (Å²) in [6.45, 7) is 1.53. The van der Waals surface area contributed by atoms with Gasteiger partial charge in [-0.3, -0.25) is 9.52 Å². The number of oxazole rings is 1. The van der Waals surface area contributed by atoms with Crippen molar-refractivity contribution in [1.29, 1.82) is 0 Å². The molecule has 1 unspecified atom stereocenters. The molecule has 170 valence electrons. The fourth-order valence-corrected chi connectivity index (χ4v) is 3.88. The molecule has 0 saturated carbocycles. The maximum atomic E-state index is 14.3. The van der Waals surface area contributed by atoms with Gasteiger partial charge < -0.3 is 9.73 Å². The number of amides is 1. The zero-order valence-electron chi connectivity index (χ0n) is 17.6. The van der Waals surface area contributed by atoms with Crippen LogP contribution in [0.15, 0.2) is 65.3 Å². The summed E-state index contributed by atoms with van der Waals surface area (Å²) < 4.78 is 58.3. The van der Waals surface area contributed by atoms with Gasteiger partial charge in [-0.15, -0.1) is 0 Å². The van der Waals surface area contributed by atoms with Gasteiger partial charge in [0.2, 0.25) is 15.9 Å². The maximum absolute atomic E-state index is 14.3. The number of carbonyl (C=O) groups is 1. The SMILES string of the molecule is CC(NC(=O)c1coc(-c2ccc3ccccc3c2)n1)c1cc(F)c(NS(C)(=O)=O)c(F)c1. The molecule has 0 radical (unpaired) electrons. The third-order valence-corrected chi connectivity index (χ3v) is 5.51. The Labute approximate surface area is 188 Å². The number of sulfonamides is 1. The molecule has 4 aromatic rings. The molecule has 0 fully saturated rings. The highest BCUT2D eigenvalue weighted by Crippen LogP contribution is 2.26. The lowest BCUT2D eigenvalue weighted by Crippen LogP contribution is -2.27. The van der Waals surface area contributed by atoms with Crippen LogP contribution in [0.1, 0.15) is 29.0 Å². The fourth-order valence-electron chi connectivity index (χ4n) is 3.31. The highest BCUT2D eigenvalue weighted by Gasteiger charge is 2.20. The van der Waals surface area contributed by atoms with Crippen molar-refractivity contribution in [2.75, 3.05) is 11.0 Å². The number of nitrogens with one attached hydrogen (secondary N) is 2. The molecule has 1 aromatic heterocycles. The standard InChI is InChI=1S/C23H19F2N3O4S/c1-13(17-10-18(24)21(19(25)11-17)28-33(2,30)31)26-22(29)20-12-32-23(27-20)16-8-7-14-5-3-4-6-15(14)9-16/h3-13,28H,1-2H3,(H,26,29). The van der Waals surface area contributed by atoms with E-state index in [1.165, 1.54) is 13.2 Å². The molecule has 1 heterocycles. The molecule has 0 aliphatic carbocycles. The largest absolute Gasteiger partial charge is 0.444 e. The molecule has 0 spiro atoms. The van der Waals surface area contributed by atoms with Crippen LogP contribution in [0, 0.1) is 11.6 Å². The summed E-state index contributed by atoms with van der Waals surface area (Å²) in [5.74, 6) is -2.54. The second-order valence-corrected chi connectivity index (χ2v) is 9.28. The van der Waals surface area contributed by atoms with Crippen LogP contribution in [0.5, 0.6) is 0 Å². The molecule has 1 amide bonds. The second-order valence-electron chi connectivity index (χ2n) is 7.53. The Morgan fingerprint density at radius 1 is 1.03 bits per heavy atom. The molecule has 0 aliphatic heterocycles. The van der Waals surface area contributed by atoms with Crippen molar-refractivity contribution in [2.24, 2.45) is 0 Å². The van der Waals surface area contributed by atoms with Gasteiger partial charge in [-0.25, -0.2) is 22.2 Å². The number of hydrogen-bond donors (Lipinski definition) is 2. The molecular formula is C23H19F2N3O4S. The predicted octanol–water partition coefficient (Wildman–Crippen LogP) is 4.64. The van der Waals surface area contributed by atoms with E-state index >= 15 is 0 Å². The number of anilines is 1. The molecule has 10 heteroatoms. The Morgan fingerprint density at radius 2 is 1.70 bits per heavy atom. The number of rotatable bonds is 6. The first-order chi connectivity index (χ1) is 15.6. The first-order valence-corrected chi connectivity index (χ1v) is 11.7. The van der Waals surface area contributed by atoms with Crippen molar-refractivity contribution in [3.05, 3.63) is 83.8 Å². The Balaban J connectivity index is 1.51. The first-order valence-electron chi connectivity index (χ1n) is 9.83. The van der Waals surface area contributed by atoms with Crippen LogP contribution in [0.4, 0.5) is 14.5 Å². The smallest absolute Gasteiger partial charge is 0.273 e. The third-order valence-electron chi connectivity index (χ3n) is 4.93. The third kappa shape index (κ3) is 5.01. The summed E-state index contributed by atoms with van der Waals surface area (Å²) >= 11 is 0. The monoisotopic (exact) mass is 471 g/mol. The van der Waals surface area contributed by atoms with Crippen molar-refractivity contribution >= 4 is 32.4 Å². The van der Waals surface area contributed by atoms with E-state index in [2.05, 4.69) is 10.3 Å². The van der Waals surface area contributed by atoms with Crippen molar-refractivity contribution in [3.8, 4) is 11.5 Å². The van der Waals surface area contributed by atoms with Gasteiger partial charge in [-0.2, -0.15) is 0 Å². The highest BCUT2D eigenvalue weighted by atomic mass is 32.2. The molecule has 0 aliphatic rings. The Morgan fingerprint density at radius 3 is 2.36 bits per heavy atom. The average Bonchev–Trinajstić information content (AvgIpc) is 3.25. The summed E-state index contributed by atoms with van der Waals surface area (Å²) in [6.07, 6.45) is 1.99. The average molecular weight is 471 g/mol. The molecule has 1 atom stereocenters. The van der Waals surface area contributed by atoms with Crippen LogP contribution in [0.25, 0.3) is 22.2 Å². The summed E-state index contributed by atoms with van der Waals surface area (Å²) in [5.41, 5.74) is 0.0205. The van der Waals surface area contributed by atoms with Gasteiger partial charge in [-0.05, 0) is 47.5 Å². The Kier molecular flexibility index (Phi) is 5.86. The van der Waals surface area contributed by atoms with E-state index in [1.807, 2.05) is 42.5 Å². The van der Waals surface area contributed by atoms with Crippen molar-refractivity contribution in [1.82, 2.24) is 10.3 Å². The number of halogens is 2. The molecule has 0 saturated heterocycles. The number of fused-ring (bicyclic) bond motifs is 1. The summed E-state index contributed by atoms with van der Waals surface area (Å²) in [6, 6.07) is 14.5. The van der Waals surface area contributed by atoms with E-state index in [1.54, 1.807) is 4.72 Å². The number of aromatic nitrogens is 1. The summed E-state index contributed by atoms with van der Waals surface area (Å²) in [5, 5.41) is 4.64. The minimum absolute atomic E-state index is 0.00122. The van der Waals surface area contributed by atoms with Crippen LogP contribution in [0.3, 0.4) is 0 Å². The van der Waals surface area contributed by atoms with Crippen molar-refractivity contribution in [3.63, 3.8) is 0 Å². The second kappa shape index (κ2) is 8.62. The number of nitrogens with zero attached hydrogens (tertiary/aromatic N) is 1. The number of carbonyl (C=O) groups excluding carboxylic acids is 1. The van der Waals surface area contributed by atoms with Crippen molar-refractivity contribution in [2.45, 2.75) is 13.0 Å². The first kappa shape index (κ1) is 22.4. The van der Waals surface area contributed by atoms with Crippen molar-refractivity contribution < 1.29 is 26.4 Å². The molecule has 4 rings (SSSR count). The zero-order valence-corrected chi connectivity index (χ0v) is 18.4. The van der Waals surface area contributed by atoms with Gasteiger partial charge in [0, 0.05) is 5.56 Å². The molecular weight excluding hydrogens is 452 g/mol. The lowest BCUT2D eigenvalue weighted by atomic mass is 10.1. The molecule has 7 nitrogen and oxygen atoms in total. The lowest BCUT2D eigenvalue weighted by Gasteiger charge is -2.15. The zero-order chi connectivity index (χ0) is 23.8. The van der Waals surface area contributed by atoms with E-state index in [0.717, 1.165) is 29.2 Å². The summed E-state index contributed by atoms with van der Waals surface area (Å²) in [7, 11) is -3.86. The highest BCUT2D eigenvalue weighted by molar-refractivity contribution is 7.92. The van der Waals surface area contributed by atoms with E-state index < -0.39 is 39.3 Å². The van der Waals surface area contributed by atoms with Crippen LogP contribution < -0.4 is 10.0 Å². The normalized spacial score (nSPS) is 12.5. The number of hydrogen-bond acceptors (Lipinski definition) is 5. The van der Waals surface area contributed by atoms with Crippen LogP contribution in [0.2, 0.25) is 0 Å². The lowest BCUT2D eigenvalue weighted by molar-refractivity contribution is 0.0934. The van der Waals surface area contributed by atoms with Gasteiger partial charge in [0.15, 0.2) is 17.3 Å². The van der Waals surface area contributed by atoms with Gasteiger partial charge in [0.05, 0.1) is 12.3 Å². The van der Waals surface area contributed by atoms with Gasteiger partial charge >= 0.3 is 0 Å². The molecule has 0 bridgehead atoms. The quantitative estimate of drug-likeness (QED) is 0.427. The van der Waals surface area contributed by atoms with Crippen LogP contribution in [-0.4, -0.2) is 25.6 Å². The van der Waals surface area contributed by atoms with E-state index in [-0.39, 0.29) is 17.1 Å². The van der Waals surface area contributed by atoms with E-state index in [4.69, 9.17) is 4.42 Å². The van der Waals surface area contributed by atoms with Crippen LogP contribution >= 0.6 is 0 Å². The van der Waals surface area contributed by atoms with Gasteiger partial charge in [0.25, 0.3) is 5.91 Å². The fraction of sp³-hybridized carbons (Fsp3) is 0.130. The molecule has 2 N–H and O–H groups in total. The molecule has 33 heavy (non-hydrogen) atoms. The minimum Gasteiger partial charge on any atom is -0.444 e. The summed E-state index contributed by atoms with van der Waals surface area (Å²) in [4.78, 5) is 16.8. The minimum atomic E-state index is -3.86. The predicted molar refractivity (Wildman–Crippen MR) is 120 cm³/mol. The molecule has 3 aromatic carbocycles. The van der Waals surface area contributed by atoms with Gasteiger partial charge in [0.1, 0.15) is 12.0 Å². The maximum Gasteiger partial charge on any atom is 0.273 e. The Bertz CT molecular complexity index is 1440. The Hall–Kier alpha value is -3.79. The topological polar surface area (TPSA) is 101 Å². The van der Waals surface area contributed by atoms with Crippen LogP contribution in [-0.2, 0) is 10.0 Å².